The molecule has 0 saturated carbocycles. The first-order valence-corrected chi connectivity index (χ1v) is 5.99. The summed E-state index contributed by atoms with van der Waals surface area (Å²) in [4.78, 5) is 25.4. The number of aryl methyl sites for hydroxylation is 2. The number of hydrogen-bond donors (Lipinski definition) is 2. The Morgan fingerprint density at radius 3 is 2.50 bits per heavy atom. The van der Waals surface area contributed by atoms with E-state index in [0.717, 1.165) is 30.0 Å². The molecule has 4 heteroatoms. The molecule has 2 rings (SSSR count). The molecule has 0 amide bonds. The predicted molar refractivity (Wildman–Crippen MR) is 71.3 cm³/mol. The van der Waals surface area contributed by atoms with Crippen LogP contribution in [0.5, 0.6) is 5.75 Å². The Labute approximate surface area is 104 Å². The average Bonchev–Trinajstić information content (AvgIpc) is 2.46. The van der Waals surface area contributed by atoms with Gasteiger partial charge in [-0.25, -0.2) is 0 Å². The van der Waals surface area contributed by atoms with Crippen LogP contribution in [0.15, 0.2) is 27.8 Å². The first-order valence-electron chi connectivity index (χ1n) is 5.99. The molecular formula is C14H15NO3. The van der Waals surface area contributed by atoms with Crippen LogP contribution in [0.4, 0.5) is 0 Å². The summed E-state index contributed by atoms with van der Waals surface area (Å²) >= 11 is 0. The lowest BCUT2D eigenvalue weighted by atomic mass is 9.98. The van der Waals surface area contributed by atoms with E-state index in [-0.39, 0.29) is 5.75 Å². The Kier molecular flexibility index (Phi) is 3.19. The second kappa shape index (κ2) is 4.64. The second-order valence-electron chi connectivity index (χ2n) is 4.18. The minimum atomic E-state index is -0.733. The van der Waals surface area contributed by atoms with Gasteiger partial charge in [-0.3, -0.25) is 9.59 Å². The summed E-state index contributed by atoms with van der Waals surface area (Å²) in [5.74, 6) is -0.138. The van der Waals surface area contributed by atoms with Crippen molar-refractivity contribution < 1.29 is 5.11 Å². The van der Waals surface area contributed by atoms with E-state index in [1.54, 1.807) is 6.07 Å². The van der Waals surface area contributed by atoms with Gasteiger partial charge in [0.05, 0.1) is 5.52 Å². The van der Waals surface area contributed by atoms with E-state index >= 15 is 0 Å². The van der Waals surface area contributed by atoms with Crippen LogP contribution in [-0.2, 0) is 12.8 Å². The fourth-order valence-electron chi connectivity index (χ4n) is 2.27. The number of hydrogen-bond acceptors (Lipinski definition) is 3. The van der Waals surface area contributed by atoms with Gasteiger partial charge in [-0.2, -0.15) is 0 Å². The Balaban J connectivity index is 3.07. The van der Waals surface area contributed by atoms with Crippen LogP contribution in [0, 0.1) is 0 Å². The lowest BCUT2D eigenvalue weighted by molar-refractivity contribution is 0.481. The number of aromatic hydroxyl groups is 1. The highest BCUT2D eigenvalue weighted by molar-refractivity contribution is 5.88. The van der Waals surface area contributed by atoms with Gasteiger partial charge in [-0.05, 0) is 30.0 Å². The Bertz CT molecular complexity index is 716. The smallest absolute Gasteiger partial charge is 0.296 e. The van der Waals surface area contributed by atoms with Gasteiger partial charge in [0.25, 0.3) is 5.56 Å². The van der Waals surface area contributed by atoms with Crippen molar-refractivity contribution in [3.05, 3.63) is 49.9 Å². The standard InChI is InChI=1S/C14H15NO3/c1-3-8-5-6-10-13(9(8)4-2)11(16)7-12(17)14(18)15-10/h5-7,16H,3-4H2,1-2H3,(H,15,17,18). The molecule has 1 aromatic carbocycles. The van der Waals surface area contributed by atoms with Crippen LogP contribution < -0.4 is 11.0 Å². The second-order valence-corrected chi connectivity index (χ2v) is 4.18. The van der Waals surface area contributed by atoms with Crippen molar-refractivity contribution in [1.82, 2.24) is 4.98 Å². The Morgan fingerprint density at radius 2 is 1.89 bits per heavy atom. The fraction of sp³-hybridized carbons (Fsp3) is 0.286. The quantitative estimate of drug-likeness (QED) is 0.791. The number of aromatic nitrogens is 1. The number of fused-ring (bicyclic) bond motifs is 1. The normalized spacial score (nSPS) is 10.8. The molecule has 1 aromatic heterocycles. The van der Waals surface area contributed by atoms with Crippen molar-refractivity contribution in [3.8, 4) is 5.75 Å². The number of H-pyrrole nitrogens is 1. The van der Waals surface area contributed by atoms with Crippen LogP contribution in [-0.4, -0.2) is 10.1 Å². The first-order chi connectivity index (χ1) is 8.58. The highest BCUT2D eigenvalue weighted by Gasteiger charge is 2.10. The van der Waals surface area contributed by atoms with E-state index in [1.165, 1.54) is 0 Å². The summed E-state index contributed by atoms with van der Waals surface area (Å²) in [5.41, 5.74) is 1.13. The van der Waals surface area contributed by atoms with Gasteiger partial charge >= 0.3 is 0 Å². The molecule has 0 spiro atoms. The molecule has 0 aliphatic carbocycles. The molecular weight excluding hydrogens is 230 g/mol. The predicted octanol–water partition coefficient (Wildman–Crippen LogP) is 1.72. The molecule has 2 aromatic rings. The monoisotopic (exact) mass is 245 g/mol. The van der Waals surface area contributed by atoms with E-state index in [4.69, 9.17) is 0 Å². The van der Waals surface area contributed by atoms with E-state index < -0.39 is 11.0 Å². The summed E-state index contributed by atoms with van der Waals surface area (Å²) in [6, 6.07) is 4.63. The maximum Gasteiger partial charge on any atom is 0.296 e. The summed E-state index contributed by atoms with van der Waals surface area (Å²) in [7, 11) is 0. The first kappa shape index (κ1) is 12.4. The third-order valence-corrected chi connectivity index (χ3v) is 3.14. The highest BCUT2D eigenvalue weighted by atomic mass is 16.3. The van der Waals surface area contributed by atoms with Gasteiger partial charge in [0.2, 0.25) is 5.43 Å². The Morgan fingerprint density at radius 1 is 1.17 bits per heavy atom. The zero-order valence-corrected chi connectivity index (χ0v) is 10.4. The number of nitrogens with one attached hydrogen (secondary N) is 1. The molecule has 0 unspecified atom stereocenters. The van der Waals surface area contributed by atoms with Crippen molar-refractivity contribution >= 4 is 10.9 Å². The molecule has 4 nitrogen and oxygen atoms in total. The summed E-state index contributed by atoms with van der Waals surface area (Å²) in [6.07, 6.45) is 1.57. The molecule has 94 valence electrons. The van der Waals surface area contributed by atoms with Crippen molar-refractivity contribution in [2.75, 3.05) is 0 Å². The molecule has 18 heavy (non-hydrogen) atoms. The minimum absolute atomic E-state index is 0.138. The largest absolute Gasteiger partial charge is 0.507 e. The van der Waals surface area contributed by atoms with Crippen molar-refractivity contribution in [2.24, 2.45) is 0 Å². The molecule has 0 aliphatic rings. The van der Waals surface area contributed by atoms with Gasteiger partial charge < -0.3 is 10.1 Å². The molecule has 0 radical (unpaired) electrons. The zero-order valence-electron chi connectivity index (χ0n) is 10.4. The number of aromatic amines is 1. The van der Waals surface area contributed by atoms with E-state index in [2.05, 4.69) is 4.98 Å². The van der Waals surface area contributed by atoms with Gasteiger partial charge in [0.15, 0.2) is 0 Å². The summed E-state index contributed by atoms with van der Waals surface area (Å²) in [6.45, 7) is 4.01. The van der Waals surface area contributed by atoms with Crippen LogP contribution in [0.3, 0.4) is 0 Å². The molecule has 2 N–H and O–H groups in total. The molecule has 0 bridgehead atoms. The average molecular weight is 245 g/mol. The van der Waals surface area contributed by atoms with Crippen molar-refractivity contribution in [2.45, 2.75) is 26.7 Å². The molecule has 0 saturated heterocycles. The van der Waals surface area contributed by atoms with Crippen molar-refractivity contribution in [3.63, 3.8) is 0 Å². The Hall–Kier alpha value is -2.10. The van der Waals surface area contributed by atoms with E-state index in [1.807, 2.05) is 19.9 Å². The third-order valence-electron chi connectivity index (χ3n) is 3.14. The number of benzene rings is 1. The maximum absolute atomic E-state index is 11.5. The lowest BCUT2D eigenvalue weighted by Crippen LogP contribution is -2.22. The molecule has 1 heterocycles. The van der Waals surface area contributed by atoms with Gasteiger partial charge in [-0.1, -0.05) is 19.9 Å². The van der Waals surface area contributed by atoms with Gasteiger partial charge in [0, 0.05) is 11.5 Å². The minimum Gasteiger partial charge on any atom is -0.507 e. The van der Waals surface area contributed by atoms with Gasteiger partial charge in [0.1, 0.15) is 5.75 Å². The third kappa shape index (κ3) is 1.90. The van der Waals surface area contributed by atoms with Crippen LogP contribution >= 0.6 is 0 Å². The molecule has 0 fully saturated rings. The number of rotatable bonds is 2. The summed E-state index contributed by atoms with van der Waals surface area (Å²) in [5, 5.41) is 10.6. The van der Waals surface area contributed by atoms with Crippen LogP contribution in [0.1, 0.15) is 25.0 Å². The van der Waals surface area contributed by atoms with Crippen LogP contribution in [0.2, 0.25) is 0 Å². The van der Waals surface area contributed by atoms with Gasteiger partial charge in [-0.15, -0.1) is 0 Å². The molecule has 0 aliphatic heterocycles. The fourth-order valence-corrected chi connectivity index (χ4v) is 2.27. The SMILES string of the molecule is CCc1ccc2[nH]c(=O)c(=O)cc(O)c2c1CC. The van der Waals surface area contributed by atoms with Crippen molar-refractivity contribution in [1.29, 1.82) is 0 Å². The van der Waals surface area contributed by atoms with Crippen LogP contribution in [0.25, 0.3) is 10.9 Å². The van der Waals surface area contributed by atoms with E-state index in [9.17, 15) is 14.7 Å². The lowest BCUT2D eigenvalue weighted by Gasteiger charge is -2.09. The maximum atomic E-state index is 11.5. The zero-order chi connectivity index (χ0) is 13.3. The summed E-state index contributed by atoms with van der Waals surface area (Å²) < 4.78 is 0. The van der Waals surface area contributed by atoms with E-state index in [0.29, 0.717) is 10.9 Å². The highest BCUT2D eigenvalue weighted by Crippen LogP contribution is 2.27. The molecule has 0 atom stereocenters. The topological polar surface area (TPSA) is 70.2 Å².